The summed E-state index contributed by atoms with van der Waals surface area (Å²) < 4.78 is 38.9. The minimum Gasteiger partial charge on any atom is -0.495 e. The molecule has 0 aromatic heterocycles. The van der Waals surface area contributed by atoms with Crippen LogP contribution in [0.1, 0.15) is 0 Å². The van der Waals surface area contributed by atoms with E-state index in [0.29, 0.717) is 22.9 Å². The van der Waals surface area contributed by atoms with Gasteiger partial charge in [-0.25, -0.2) is 8.42 Å². The highest BCUT2D eigenvalue weighted by Gasteiger charge is 2.17. The molecule has 0 aliphatic carbocycles. The molecule has 0 aliphatic rings. The van der Waals surface area contributed by atoms with Gasteiger partial charge in [-0.3, -0.25) is 9.52 Å². The Morgan fingerprint density at radius 3 is 2.42 bits per heavy atom. The van der Waals surface area contributed by atoms with Crippen molar-refractivity contribution in [2.24, 2.45) is 0 Å². The Labute approximate surface area is 192 Å². The summed E-state index contributed by atoms with van der Waals surface area (Å²) in [6, 6.07) is 26.1. The first-order chi connectivity index (χ1) is 15.9. The number of carbonyl (C=O) groups excluding carboxylic acids is 1. The number of carbonyl (C=O) groups is 1. The highest BCUT2D eigenvalue weighted by molar-refractivity contribution is 7.92. The number of hydrogen-bond donors (Lipinski definition) is 2. The van der Waals surface area contributed by atoms with Crippen molar-refractivity contribution in [3.05, 3.63) is 91.0 Å². The third kappa shape index (κ3) is 5.42. The Morgan fingerprint density at radius 1 is 0.848 bits per heavy atom. The molecule has 1 amide bonds. The van der Waals surface area contributed by atoms with E-state index in [1.165, 1.54) is 19.2 Å². The van der Waals surface area contributed by atoms with E-state index in [-0.39, 0.29) is 11.5 Å². The average molecular weight is 463 g/mol. The van der Waals surface area contributed by atoms with Crippen LogP contribution < -0.4 is 19.5 Å². The van der Waals surface area contributed by atoms with Gasteiger partial charge in [0.05, 0.1) is 17.7 Å². The van der Waals surface area contributed by atoms with Gasteiger partial charge in [-0.05, 0) is 53.2 Å². The van der Waals surface area contributed by atoms with Gasteiger partial charge in [0.1, 0.15) is 11.5 Å². The molecule has 0 unspecified atom stereocenters. The second-order valence-corrected chi connectivity index (χ2v) is 8.86. The quantitative estimate of drug-likeness (QED) is 0.397. The lowest BCUT2D eigenvalue weighted by atomic mass is 10.1. The van der Waals surface area contributed by atoms with Crippen molar-refractivity contribution in [3.63, 3.8) is 0 Å². The molecule has 7 nitrogen and oxygen atoms in total. The van der Waals surface area contributed by atoms with Gasteiger partial charge in [-0.15, -0.1) is 0 Å². The van der Waals surface area contributed by atoms with Crippen LogP contribution in [0.4, 0.5) is 11.4 Å². The summed E-state index contributed by atoms with van der Waals surface area (Å²) >= 11 is 0. The van der Waals surface area contributed by atoms with E-state index >= 15 is 0 Å². The number of fused-ring (bicyclic) bond motifs is 1. The zero-order valence-corrected chi connectivity index (χ0v) is 18.6. The average Bonchev–Trinajstić information content (AvgIpc) is 2.83. The molecular weight excluding hydrogens is 440 g/mol. The molecule has 0 saturated heterocycles. The Balaban J connectivity index is 1.42. The SMILES string of the molecule is COc1ccccc1NS(=O)(=O)c1cccc(NC(=O)COc2ccc3ccccc3c2)c1. The van der Waals surface area contributed by atoms with Crippen LogP contribution >= 0.6 is 0 Å². The molecular formula is C25H22N2O5S. The van der Waals surface area contributed by atoms with Crippen LogP contribution in [0.25, 0.3) is 10.8 Å². The van der Waals surface area contributed by atoms with E-state index in [0.717, 1.165) is 10.8 Å². The van der Waals surface area contributed by atoms with Crippen LogP contribution in [0.5, 0.6) is 11.5 Å². The van der Waals surface area contributed by atoms with Gasteiger partial charge in [0.2, 0.25) is 0 Å². The molecule has 2 N–H and O–H groups in total. The highest BCUT2D eigenvalue weighted by atomic mass is 32.2. The topological polar surface area (TPSA) is 93.7 Å². The minimum absolute atomic E-state index is 0.00153. The van der Waals surface area contributed by atoms with Gasteiger partial charge in [0.15, 0.2) is 6.61 Å². The summed E-state index contributed by atoms with van der Waals surface area (Å²) in [4.78, 5) is 12.4. The summed E-state index contributed by atoms with van der Waals surface area (Å²) in [5, 5.41) is 4.76. The number of anilines is 2. The van der Waals surface area contributed by atoms with Crippen LogP contribution in [0.3, 0.4) is 0 Å². The van der Waals surface area contributed by atoms with Gasteiger partial charge in [-0.2, -0.15) is 0 Å². The third-order valence-electron chi connectivity index (χ3n) is 4.87. The van der Waals surface area contributed by atoms with Crippen molar-refractivity contribution in [3.8, 4) is 11.5 Å². The van der Waals surface area contributed by atoms with Gasteiger partial charge in [0, 0.05) is 5.69 Å². The summed E-state index contributed by atoms with van der Waals surface area (Å²) in [6.45, 7) is -0.214. The van der Waals surface area contributed by atoms with Gasteiger partial charge < -0.3 is 14.8 Å². The van der Waals surface area contributed by atoms with Crippen LogP contribution in [0, 0.1) is 0 Å². The van der Waals surface area contributed by atoms with E-state index in [4.69, 9.17) is 9.47 Å². The van der Waals surface area contributed by atoms with E-state index < -0.39 is 15.9 Å². The largest absolute Gasteiger partial charge is 0.495 e. The number of sulfonamides is 1. The fourth-order valence-electron chi connectivity index (χ4n) is 3.28. The predicted molar refractivity (Wildman–Crippen MR) is 128 cm³/mol. The fraction of sp³-hybridized carbons (Fsp3) is 0.0800. The van der Waals surface area contributed by atoms with Crippen molar-refractivity contribution in [2.45, 2.75) is 4.90 Å². The molecule has 168 valence electrons. The Morgan fingerprint density at radius 2 is 1.61 bits per heavy atom. The maximum Gasteiger partial charge on any atom is 0.262 e. The standard InChI is InChI=1S/C25H22N2O5S/c1-31-24-12-5-4-11-23(24)27-33(29,30)22-10-6-9-20(16-22)26-25(28)17-32-21-14-13-18-7-2-3-8-19(18)15-21/h2-16,27H,17H2,1H3,(H,26,28). The monoisotopic (exact) mass is 462 g/mol. The first-order valence-electron chi connectivity index (χ1n) is 10.1. The number of amides is 1. The van der Waals surface area contributed by atoms with E-state index in [1.54, 1.807) is 42.5 Å². The van der Waals surface area contributed by atoms with Crippen molar-refractivity contribution >= 4 is 38.1 Å². The molecule has 0 fully saturated rings. The molecule has 4 aromatic rings. The van der Waals surface area contributed by atoms with Gasteiger partial charge in [0.25, 0.3) is 15.9 Å². The molecule has 0 spiro atoms. The lowest BCUT2D eigenvalue weighted by Crippen LogP contribution is -2.20. The Kier molecular flexibility index (Phi) is 6.46. The van der Waals surface area contributed by atoms with Crippen molar-refractivity contribution in [1.29, 1.82) is 0 Å². The van der Waals surface area contributed by atoms with Crippen molar-refractivity contribution < 1.29 is 22.7 Å². The number of hydrogen-bond acceptors (Lipinski definition) is 5. The molecule has 0 heterocycles. The number of para-hydroxylation sites is 2. The molecule has 0 aliphatic heterocycles. The number of ether oxygens (including phenoxy) is 2. The molecule has 0 bridgehead atoms. The summed E-state index contributed by atoms with van der Waals surface area (Å²) in [5.41, 5.74) is 0.656. The number of methoxy groups -OCH3 is 1. The van der Waals surface area contributed by atoms with Crippen LogP contribution in [-0.2, 0) is 14.8 Å². The second-order valence-electron chi connectivity index (χ2n) is 7.18. The number of benzene rings is 4. The van der Waals surface area contributed by atoms with E-state index in [9.17, 15) is 13.2 Å². The third-order valence-corrected chi connectivity index (χ3v) is 6.23. The highest BCUT2D eigenvalue weighted by Crippen LogP contribution is 2.27. The molecule has 8 heteroatoms. The molecule has 0 atom stereocenters. The van der Waals surface area contributed by atoms with E-state index in [1.807, 2.05) is 36.4 Å². The molecule has 4 rings (SSSR count). The summed E-state index contributed by atoms with van der Waals surface area (Å²) in [5.74, 6) is 0.563. The van der Waals surface area contributed by atoms with Crippen molar-refractivity contribution in [1.82, 2.24) is 0 Å². The van der Waals surface area contributed by atoms with Gasteiger partial charge in [-0.1, -0.05) is 48.5 Å². The van der Waals surface area contributed by atoms with Crippen molar-refractivity contribution in [2.75, 3.05) is 23.8 Å². The molecule has 33 heavy (non-hydrogen) atoms. The predicted octanol–water partition coefficient (Wildman–Crippen LogP) is 4.67. The normalized spacial score (nSPS) is 11.1. The Bertz CT molecular complexity index is 1400. The Hall–Kier alpha value is -4.04. The number of nitrogens with one attached hydrogen (secondary N) is 2. The zero-order valence-electron chi connectivity index (χ0n) is 17.8. The molecule has 0 saturated carbocycles. The van der Waals surface area contributed by atoms with Crippen LogP contribution in [0.15, 0.2) is 95.9 Å². The maximum atomic E-state index is 12.8. The molecule has 0 radical (unpaired) electrons. The van der Waals surface area contributed by atoms with Crippen LogP contribution in [-0.4, -0.2) is 28.0 Å². The first kappa shape index (κ1) is 22.2. The lowest BCUT2D eigenvalue weighted by Gasteiger charge is -2.13. The fourth-order valence-corrected chi connectivity index (χ4v) is 4.39. The lowest BCUT2D eigenvalue weighted by molar-refractivity contribution is -0.118. The zero-order chi connectivity index (χ0) is 23.3. The second kappa shape index (κ2) is 9.62. The van der Waals surface area contributed by atoms with Gasteiger partial charge >= 0.3 is 0 Å². The number of rotatable bonds is 8. The molecule has 4 aromatic carbocycles. The van der Waals surface area contributed by atoms with E-state index in [2.05, 4.69) is 10.0 Å². The maximum absolute atomic E-state index is 12.8. The smallest absolute Gasteiger partial charge is 0.262 e. The summed E-state index contributed by atoms with van der Waals surface area (Å²) in [7, 11) is -2.43. The first-order valence-corrected chi connectivity index (χ1v) is 11.6. The minimum atomic E-state index is -3.89. The van der Waals surface area contributed by atoms with Crippen LogP contribution in [0.2, 0.25) is 0 Å². The summed E-state index contributed by atoms with van der Waals surface area (Å²) in [6.07, 6.45) is 0.